The third-order valence-electron chi connectivity index (χ3n) is 12.9. The molecule has 2 aromatic heterocycles. The Kier molecular flexibility index (Phi) is 11.5. The minimum absolute atomic E-state index is 0.0423. The summed E-state index contributed by atoms with van der Waals surface area (Å²) in [5.41, 5.74) is 7.82. The van der Waals surface area contributed by atoms with E-state index in [0.717, 1.165) is 87.7 Å². The van der Waals surface area contributed by atoms with Gasteiger partial charge in [0.15, 0.2) is 18.2 Å². The SMILES string of the molecule is CC(C)n1c(=O)c(OCC(N)=O)cc2cc(Nc3nc(N4CCC(CN5CC(N6CCN(c7ccc8c(c7)C(=O)N(C7CCC(=O)NC7=O)C8=O)CC6)C5)CC4)ncc3Cl)ccc21. The maximum absolute atomic E-state index is 13.4. The predicted octanol–water partition coefficient (Wildman–Crippen LogP) is 2.76. The van der Waals surface area contributed by atoms with Crippen molar-refractivity contribution in [2.45, 2.75) is 57.7 Å². The van der Waals surface area contributed by atoms with Crippen molar-refractivity contribution in [3.8, 4) is 5.75 Å². The van der Waals surface area contributed by atoms with Crippen LogP contribution in [-0.2, 0) is 14.4 Å². The first-order valence-electron chi connectivity index (χ1n) is 21.5. The zero-order valence-corrected chi connectivity index (χ0v) is 36.0. The number of primary amides is 1. The Hall–Kier alpha value is -6.11. The molecule has 18 nitrogen and oxygen atoms in total. The van der Waals surface area contributed by atoms with Crippen LogP contribution in [0.2, 0.25) is 5.02 Å². The summed E-state index contributed by atoms with van der Waals surface area (Å²) in [6, 6.07) is 11.9. The van der Waals surface area contributed by atoms with Crippen molar-refractivity contribution in [1.82, 2.24) is 34.6 Å². The minimum Gasteiger partial charge on any atom is -0.478 e. The van der Waals surface area contributed by atoms with Crippen LogP contribution in [0.25, 0.3) is 10.9 Å². The van der Waals surface area contributed by atoms with E-state index in [1.807, 2.05) is 38.1 Å². The summed E-state index contributed by atoms with van der Waals surface area (Å²) < 4.78 is 7.09. The molecule has 0 spiro atoms. The molecule has 4 saturated heterocycles. The maximum atomic E-state index is 13.4. The first kappa shape index (κ1) is 42.2. The van der Waals surface area contributed by atoms with Gasteiger partial charge in [-0.05, 0) is 81.5 Å². The van der Waals surface area contributed by atoms with E-state index in [2.05, 4.69) is 35.2 Å². The van der Waals surface area contributed by atoms with Gasteiger partial charge in [-0.1, -0.05) is 11.6 Å². The molecule has 19 heteroatoms. The number of piperidine rings is 2. The number of hydrogen-bond donors (Lipinski definition) is 3. The van der Waals surface area contributed by atoms with E-state index < -0.39 is 42.2 Å². The second-order valence-corrected chi connectivity index (χ2v) is 17.7. The van der Waals surface area contributed by atoms with Crippen LogP contribution in [0.1, 0.15) is 66.3 Å². The number of aromatic nitrogens is 3. The number of imide groups is 2. The first-order chi connectivity index (χ1) is 30.3. The summed E-state index contributed by atoms with van der Waals surface area (Å²) in [5, 5.41) is 6.67. The fraction of sp³-hybridized carbons (Fsp3) is 0.455. The number of nitrogens with zero attached hydrogens (tertiary/aromatic N) is 8. The third-order valence-corrected chi connectivity index (χ3v) is 13.1. The monoisotopic (exact) mass is 879 g/mol. The van der Waals surface area contributed by atoms with Crippen LogP contribution in [0.3, 0.4) is 0 Å². The van der Waals surface area contributed by atoms with Crippen molar-refractivity contribution >= 4 is 75.2 Å². The summed E-state index contributed by atoms with van der Waals surface area (Å²) in [7, 11) is 0. The summed E-state index contributed by atoms with van der Waals surface area (Å²) >= 11 is 6.59. The van der Waals surface area contributed by atoms with E-state index in [9.17, 15) is 28.8 Å². The summed E-state index contributed by atoms with van der Waals surface area (Å²) in [6.07, 6.45) is 3.88. The van der Waals surface area contributed by atoms with Crippen LogP contribution in [0, 0.1) is 5.92 Å². The molecule has 63 heavy (non-hydrogen) atoms. The lowest BCUT2D eigenvalue weighted by atomic mass is 9.94. The van der Waals surface area contributed by atoms with Gasteiger partial charge in [0.25, 0.3) is 23.3 Å². The van der Waals surface area contributed by atoms with Gasteiger partial charge in [-0.25, -0.2) is 4.98 Å². The smallest absolute Gasteiger partial charge is 0.293 e. The molecule has 9 rings (SSSR count). The number of carbonyl (C=O) groups excluding carboxylic acids is 5. The molecule has 1 unspecified atom stereocenters. The Morgan fingerprint density at radius 1 is 0.921 bits per heavy atom. The number of carbonyl (C=O) groups is 5. The molecule has 5 aliphatic rings. The number of pyridine rings is 1. The van der Waals surface area contributed by atoms with E-state index in [1.165, 1.54) is 0 Å². The number of fused-ring (bicyclic) bond motifs is 2. The minimum atomic E-state index is -0.978. The molecular formula is C44H50ClN11O7. The van der Waals surface area contributed by atoms with Gasteiger partial charge in [-0.15, -0.1) is 0 Å². The average Bonchev–Trinajstić information content (AvgIpc) is 3.50. The second kappa shape index (κ2) is 17.2. The van der Waals surface area contributed by atoms with Crippen LogP contribution in [0.5, 0.6) is 5.75 Å². The zero-order chi connectivity index (χ0) is 44.1. The maximum Gasteiger partial charge on any atom is 0.293 e. The molecule has 7 heterocycles. The van der Waals surface area contributed by atoms with Gasteiger partial charge in [0, 0.05) is 94.2 Å². The molecule has 0 saturated carbocycles. The molecule has 5 aliphatic heterocycles. The average molecular weight is 880 g/mol. The molecule has 4 aromatic rings. The van der Waals surface area contributed by atoms with Gasteiger partial charge in [0.05, 0.1) is 22.8 Å². The van der Waals surface area contributed by atoms with Gasteiger partial charge >= 0.3 is 0 Å². The van der Waals surface area contributed by atoms with Crippen molar-refractivity contribution in [2.24, 2.45) is 11.7 Å². The Bertz CT molecular complexity index is 2560. The van der Waals surface area contributed by atoms with Crippen LogP contribution in [0.15, 0.2) is 53.5 Å². The van der Waals surface area contributed by atoms with Crippen LogP contribution in [-0.4, -0.2) is 136 Å². The molecular weight excluding hydrogens is 830 g/mol. The van der Waals surface area contributed by atoms with Gasteiger partial charge in [0.2, 0.25) is 17.8 Å². The van der Waals surface area contributed by atoms with Crippen molar-refractivity contribution in [1.29, 1.82) is 0 Å². The van der Waals surface area contributed by atoms with Crippen LogP contribution in [0.4, 0.5) is 23.1 Å². The summed E-state index contributed by atoms with van der Waals surface area (Å²) in [4.78, 5) is 95.0. The number of anilines is 4. The Morgan fingerprint density at radius 2 is 1.67 bits per heavy atom. The Balaban J connectivity index is 0.744. The number of nitrogens with one attached hydrogen (secondary N) is 2. The molecule has 2 aromatic carbocycles. The number of amides is 5. The second-order valence-electron chi connectivity index (χ2n) is 17.3. The normalized spacial score (nSPS) is 20.4. The largest absolute Gasteiger partial charge is 0.478 e. The molecule has 4 N–H and O–H groups in total. The summed E-state index contributed by atoms with van der Waals surface area (Å²) in [6.45, 7) is 11.6. The van der Waals surface area contributed by atoms with E-state index in [4.69, 9.17) is 27.1 Å². The molecule has 1 atom stereocenters. The number of rotatable bonds is 12. The number of hydrogen-bond acceptors (Lipinski definition) is 14. The van der Waals surface area contributed by atoms with Gasteiger partial charge < -0.3 is 30.2 Å². The van der Waals surface area contributed by atoms with Crippen molar-refractivity contribution in [3.63, 3.8) is 0 Å². The molecule has 4 fully saturated rings. The number of halogens is 1. The highest BCUT2D eigenvalue weighted by atomic mass is 35.5. The van der Waals surface area contributed by atoms with E-state index in [1.54, 1.807) is 29.0 Å². The Labute approximate surface area is 368 Å². The van der Waals surface area contributed by atoms with E-state index >= 15 is 0 Å². The number of ether oxygens (including phenoxy) is 1. The molecule has 0 radical (unpaired) electrons. The molecule has 5 amide bonds. The lowest BCUT2D eigenvalue weighted by Crippen LogP contribution is -2.63. The van der Waals surface area contributed by atoms with Crippen LogP contribution < -0.4 is 36.5 Å². The van der Waals surface area contributed by atoms with E-state index in [0.29, 0.717) is 51.1 Å². The fourth-order valence-corrected chi connectivity index (χ4v) is 9.64. The number of nitrogens with two attached hydrogens (primary N) is 1. The van der Waals surface area contributed by atoms with Crippen LogP contribution >= 0.6 is 11.6 Å². The summed E-state index contributed by atoms with van der Waals surface area (Å²) in [5.74, 6) is -0.970. The fourth-order valence-electron chi connectivity index (χ4n) is 9.50. The molecule has 0 aliphatic carbocycles. The number of likely N-dealkylation sites (tertiary alicyclic amines) is 1. The topological polar surface area (TPSA) is 209 Å². The number of piperazine rings is 1. The van der Waals surface area contributed by atoms with Gasteiger partial charge in [0.1, 0.15) is 11.1 Å². The number of benzene rings is 2. The van der Waals surface area contributed by atoms with Crippen molar-refractivity contribution in [3.05, 3.63) is 75.2 Å². The quantitative estimate of drug-likeness (QED) is 0.175. The molecule has 330 valence electrons. The lowest BCUT2D eigenvalue weighted by Gasteiger charge is -2.49. The van der Waals surface area contributed by atoms with Crippen molar-refractivity contribution in [2.75, 3.05) is 80.6 Å². The van der Waals surface area contributed by atoms with E-state index in [-0.39, 0.29) is 30.2 Å². The standard InChI is InChI=1S/C44H50ClN11O7/c1-25(2)55-34-6-3-28(17-27(34)18-36(43(55)62)63-24-37(46)57)48-39-33(45)20-47-44(50-39)54-11-9-26(10-12-54)21-51-22-30(23-51)53-15-13-52(14-16-53)29-4-5-31-32(19-29)42(61)56(41(31)60)35-7-8-38(58)49-40(35)59/h3-6,17-20,25-26,30,35H,7-16,21-24H2,1-2H3,(H2,46,57)(H,47,48,50)(H,49,58,59). The van der Waals surface area contributed by atoms with Gasteiger partial charge in [-0.3, -0.25) is 48.8 Å². The highest BCUT2D eigenvalue weighted by molar-refractivity contribution is 6.33. The van der Waals surface area contributed by atoms with Crippen molar-refractivity contribution < 1.29 is 28.7 Å². The molecule has 0 bridgehead atoms. The van der Waals surface area contributed by atoms with Gasteiger partial charge in [-0.2, -0.15) is 4.98 Å². The predicted molar refractivity (Wildman–Crippen MR) is 236 cm³/mol. The first-order valence-corrected chi connectivity index (χ1v) is 21.9. The highest BCUT2D eigenvalue weighted by Gasteiger charge is 2.45. The third kappa shape index (κ3) is 8.41. The zero-order valence-electron chi connectivity index (χ0n) is 35.2. The Morgan fingerprint density at radius 3 is 2.38 bits per heavy atom. The highest BCUT2D eigenvalue weighted by Crippen LogP contribution is 2.33. The lowest BCUT2D eigenvalue weighted by molar-refractivity contribution is -0.136.